The molecule has 292 valence electrons. The average molecular weight is 740 g/mol. The number of carbonyl (C=O) groups is 7. The van der Waals surface area contributed by atoms with Crippen LogP contribution in [0.15, 0.2) is 30.3 Å². The summed E-state index contributed by atoms with van der Waals surface area (Å²) >= 11 is 0. The van der Waals surface area contributed by atoms with Gasteiger partial charge in [-0.15, -0.1) is 0 Å². The highest BCUT2D eigenvalue weighted by atomic mass is 16.3. The van der Waals surface area contributed by atoms with Crippen LogP contribution >= 0.6 is 0 Å². The number of aliphatic hydroxyl groups is 1. The zero-order chi connectivity index (χ0) is 38.8. The fraction of sp³-hybridized carbons (Fsp3) is 0.658. The molecule has 2 aliphatic heterocycles. The number of hydrogen-bond acceptors (Lipinski definition) is 8. The molecule has 2 heterocycles. The van der Waals surface area contributed by atoms with E-state index in [0.717, 1.165) is 6.42 Å². The summed E-state index contributed by atoms with van der Waals surface area (Å²) < 4.78 is 0. The van der Waals surface area contributed by atoms with E-state index in [1.165, 1.54) is 18.7 Å². The minimum Gasteiger partial charge on any atom is -0.391 e. The van der Waals surface area contributed by atoms with Crippen molar-refractivity contribution in [3.63, 3.8) is 0 Å². The van der Waals surface area contributed by atoms with E-state index in [2.05, 4.69) is 31.9 Å². The van der Waals surface area contributed by atoms with Gasteiger partial charge in [0, 0.05) is 31.5 Å². The summed E-state index contributed by atoms with van der Waals surface area (Å²) in [6, 6.07) is 1.88. The Morgan fingerprint density at radius 1 is 0.868 bits per heavy atom. The SMILES string of the molecule is CCCCC(=O)N[C@@H]1CC2C(=O)N[C@@H](C)C(=O)N[C@@H]3CCC[C@H]3C(=O)N[C@@H](CC(C)C)C(=O)N[C@@H]([C@@H](C)O)C(=O)N[C@@H](Cc3ccccc3)C(=O)N2C1. The lowest BCUT2D eigenvalue weighted by Crippen LogP contribution is -2.61. The van der Waals surface area contributed by atoms with E-state index in [-0.39, 0.29) is 44.1 Å². The monoisotopic (exact) mass is 739 g/mol. The number of hydrogen-bond donors (Lipinski definition) is 7. The van der Waals surface area contributed by atoms with Crippen LogP contribution in [-0.4, -0.2) is 106 Å². The second-order valence-corrected chi connectivity index (χ2v) is 15.2. The Labute approximate surface area is 311 Å². The second kappa shape index (κ2) is 19.0. The molecule has 4 rings (SSSR count). The van der Waals surface area contributed by atoms with Crippen molar-refractivity contribution in [2.24, 2.45) is 11.8 Å². The number of fused-ring (bicyclic) bond motifs is 2. The largest absolute Gasteiger partial charge is 0.391 e. The van der Waals surface area contributed by atoms with Gasteiger partial charge in [-0.05, 0) is 57.4 Å². The number of unbranched alkanes of at least 4 members (excludes halogenated alkanes) is 1. The molecule has 1 saturated carbocycles. The third-order valence-corrected chi connectivity index (χ3v) is 10.2. The van der Waals surface area contributed by atoms with E-state index in [0.29, 0.717) is 31.2 Å². The van der Waals surface area contributed by atoms with Crippen LogP contribution in [0.1, 0.15) is 91.5 Å². The van der Waals surface area contributed by atoms with Crippen LogP contribution < -0.4 is 31.9 Å². The molecule has 3 fully saturated rings. The second-order valence-electron chi connectivity index (χ2n) is 15.2. The summed E-state index contributed by atoms with van der Waals surface area (Å²) in [4.78, 5) is 97.3. The molecule has 1 aromatic rings. The van der Waals surface area contributed by atoms with E-state index in [1.807, 2.05) is 20.8 Å². The van der Waals surface area contributed by atoms with Gasteiger partial charge in [0.2, 0.25) is 41.4 Å². The molecule has 1 aliphatic carbocycles. The first-order chi connectivity index (χ1) is 25.2. The first-order valence-electron chi connectivity index (χ1n) is 19.0. The van der Waals surface area contributed by atoms with Crippen LogP contribution in [0.2, 0.25) is 0 Å². The minimum absolute atomic E-state index is 0.0118. The number of amides is 7. The number of nitrogens with one attached hydrogen (secondary N) is 6. The van der Waals surface area contributed by atoms with Gasteiger partial charge in [0.1, 0.15) is 30.2 Å². The van der Waals surface area contributed by atoms with Gasteiger partial charge in [0.15, 0.2) is 0 Å². The third kappa shape index (κ3) is 11.2. The van der Waals surface area contributed by atoms with Gasteiger partial charge in [0.25, 0.3) is 0 Å². The van der Waals surface area contributed by atoms with Gasteiger partial charge < -0.3 is 41.9 Å². The van der Waals surface area contributed by atoms with Gasteiger partial charge >= 0.3 is 0 Å². The van der Waals surface area contributed by atoms with Crippen molar-refractivity contribution in [1.29, 1.82) is 0 Å². The molecule has 7 N–H and O–H groups in total. The molecule has 3 aliphatic rings. The Morgan fingerprint density at radius 3 is 2.23 bits per heavy atom. The smallest absolute Gasteiger partial charge is 0.246 e. The number of aliphatic hydroxyl groups excluding tert-OH is 1. The molecule has 15 heteroatoms. The molecule has 0 bridgehead atoms. The maximum atomic E-state index is 14.5. The molecule has 1 aromatic carbocycles. The third-order valence-electron chi connectivity index (χ3n) is 10.2. The van der Waals surface area contributed by atoms with Gasteiger partial charge in [-0.2, -0.15) is 0 Å². The van der Waals surface area contributed by atoms with Crippen molar-refractivity contribution < 1.29 is 38.7 Å². The Balaban J connectivity index is 1.73. The molecule has 2 saturated heterocycles. The van der Waals surface area contributed by atoms with Crippen LogP contribution in [0, 0.1) is 11.8 Å². The predicted molar refractivity (Wildman–Crippen MR) is 196 cm³/mol. The Morgan fingerprint density at radius 2 is 1.57 bits per heavy atom. The highest BCUT2D eigenvalue weighted by molar-refractivity contribution is 5.97. The normalized spacial score (nSPS) is 29.7. The van der Waals surface area contributed by atoms with Crippen molar-refractivity contribution >= 4 is 41.4 Å². The van der Waals surface area contributed by atoms with Crippen molar-refractivity contribution in [3.05, 3.63) is 35.9 Å². The lowest BCUT2D eigenvalue weighted by Gasteiger charge is -2.31. The minimum atomic E-state index is -1.50. The zero-order valence-corrected chi connectivity index (χ0v) is 31.5. The number of carbonyl (C=O) groups excluding carboxylic acids is 7. The Hall–Kier alpha value is -4.53. The average Bonchev–Trinajstić information content (AvgIpc) is 3.75. The lowest BCUT2D eigenvalue weighted by atomic mass is 9.98. The van der Waals surface area contributed by atoms with Crippen LogP contribution in [0.5, 0.6) is 0 Å². The summed E-state index contributed by atoms with van der Waals surface area (Å²) in [7, 11) is 0. The van der Waals surface area contributed by atoms with Crippen molar-refractivity contribution in [1.82, 2.24) is 36.8 Å². The first kappa shape index (κ1) is 41.2. The highest BCUT2D eigenvalue weighted by Gasteiger charge is 2.44. The predicted octanol–water partition coefficient (Wildman–Crippen LogP) is 0.190. The fourth-order valence-corrected chi connectivity index (χ4v) is 7.35. The van der Waals surface area contributed by atoms with E-state index in [4.69, 9.17) is 0 Å². The number of benzene rings is 1. The molecule has 9 atom stereocenters. The standard InChI is InChI=1S/C38H57N7O8/c1-6-7-16-31(47)40-25-19-30-36(51)39-22(4)33(48)41-27-15-11-14-26(27)34(49)42-28(17-21(2)3)35(50)44-32(23(5)46)37(52)43-29(38(53)45(30)20-25)18-24-12-9-8-10-13-24/h8-10,12-13,21-23,25-30,32,46H,6-7,11,14-20H2,1-5H3,(H,39,51)(H,40,47)(H,41,48)(H,42,49)(H,43,52)(H,44,50)/t22-,23+,25+,26+,27+,28-,29-,30?,32-/m0/s1. The molecular weight excluding hydrogens is 682 g/mol. The molecule has 0 radical (unpaired) electrons. The quantitative estimate of drug-likeness (QED) is 0.185. The number of nitrogens with zero attached hydrogens (tertiary/aromatic N) is 1. The molecule has 0 aromatic heterocycles. The zero-order valence-electron chi connectivity index (χ0n) is 31.5. The van der Waals surface area contributed by atoms with Crippen LogP contribution in [-0.2, 0) is 40.0 Å². The van der Waals surface area contributed by atoms with Crippen LogP contribution in [0.3, 0.4) is 0 Å². The lowest BCUT2D eigenvalue weighted by molar-refractivity contribution is -0.143. The summed E-state index contributed by atoms with van der Waals surface area (Å²) in [5, 5.41) is 27.5. The summed E-state index contributed by atoms with van der Waals surface area (Å²) in [5.74, 6) is -4.56. The van der Waals surface area contributed by atoms with Crippen LogP contribution in [0.4, 0.5) is 0 Å². The highest BCUT2D eigenvalue weighted by Crippen LogP contribution is 2.27. The van der Waals surface area contributed by atoms with Crippen LogP contribution in [0.25, 0.3) is 0 Å². The maximum absolute atomic E-state index is 14.5. The van der Waals surface area contributed by atoms with E-state index in [1.54, 1.807) is 30.3 Å². The van der Waals surface area contributed by atoms with E-state index in [9.17, 15) is 38.7 Å². The molecule has 0 spiro atoms. The summed E-state index contributed by atoms with van der Waals surface area (Å²) in [5.41, 5.74) is 0.697. The summed E-state index contributed by atoms with van der Waals surface area (Å²) in [6.07, 6.45) is 2.35. The van der Waals surface area contributed by atoms with Gasteiger partial charge in [-0.1, -0.05) is 63.9 Å². The Bertz CT molecular complexity index is 1490. The maximum Gasteiger partial charge on any atom is 0.246 e. The molecular formula is C38H57N7O8. The van der Waals surface area contributed by atoms with E-state index < -0.39 is 89.8 Å². The van der Waals surface area contributed by atoms with Gasteiger partial charge in [-0.25, -0.2) is 0 Å². The van der Waals surface area contributed by atoms with Gasteiger partial charge in [-0.3, -0.25) is 33.6 Å². The van der Waals surface area contributed by atoms with Crippen molar-refractivity contribution in [2.45, 2.75) is 141 Å². The van der Waals surface area contributed by atoms with Crippen molar-refractivity contribution in [2.75, 3.05) is 6.54 Å². The van der Waals surface area contributed by atoms with E-state index >= 15 is 0 Å². The Kier molecular flexibility index (Phi) is 14.8. The fourth-order valence-electron chi connectivity index (χ4n) is 7.35. The molecule has 1 unspecified atom stereocenters. The molecule has 15 nitrogen and oxygen atoms in total. The topological polar surface area (TPSA) is 215 Å². The molecule has 53 heavy (non-hydrogen) atoms. The van der Waals surface area contributed by atoms with Gasteiger partial charge in [0.05, 0.1) is 12.0 Å². The van der Waals surface area contributed by atoms with Crippen molar-refractivity contribution in [3.8, 4) is 0 Å². The number of rotatable bonds is 9. The summed E-state index contributed by atoms with van der Waals surface area (Å²) in [6.45, 7) is 8.56. The molecule has 7 amide bonds. The first-order valence-corrected chi connectivity index (χ1v) is 19.0.